The molecule has 0 aliphatic carbocycles. The monoisotopic (exact) mass is 353 g/mol. The number of unbranched alkanes of at least 4 members (excludes halogenated alkanes) is 2. The van der Waals surface area contributed by atoms with E-state index in [2.05, 4.69) is 12.1 Å². The molecule has 6 N–H and O–H groups in total. The molecule has 0 fully saturated rings. The number of hydrazine groups is 1. The molecule has 0 aromatic heterocycles. The second-order valence-electron chi connectivity index (χ2n) is 5.78. The van der Waals surface area contributed by atoms with Gasteiger partial charge >= 0.3 is 5.97 Å². The number of carboxylic acid groups (broad SMARTS) is 1. The number of aliphatic carboxylic acids is 1. The van der Waals surface area contributed by atoms with Crippen molar-refractivity contribution in [3.05, 3.63) is 35.9 Å². The van der Waals surface area contributed by atoms with Gasteiger partial charge in [-0.05, 0) is 24.8 Å². The van der Waals surface area contributed by atoms with E-state index in [0.29, 0.717) is 6.54 Å². The van der Waals surface area contributed by atoms with Gasteiger partial charge in [-0.2, -0.15) is 0 Å². The molecule has 0 saturated carbocycles. The molecule has 0 saturated heterocycles. The third-order valence-corrected chi connectivity index (χ3v) is 3.57. The molecule has 1 amide bonds. The Labute approximate surface area is 149 Å². The molecule has 0 bridgehead atoms. The number of benzene rings is 1. The van der Waals surface area contributed by atoms with E-state index in [9.17, 15) is 9.59 Å². The number of aliphatic hydroxyl groups is 1. The first-order valence-corrected chi connectivity index (χ1v) is 8.59. The van der Waals surface area contributed by atoms with Crippen molar-refractivity contribution < 1.29 is 19.8 Å². The Morgan fingerprint density at radius 2 is 1.80 bits per heavy atom. The van der Waals surface area contributed by atoms with Crippen LogP contribution in [-0.2, 0) is 16.0 Å². The summed E-state index contributed by atoms with van der Waals surface area (Å²) in [5.41, 5.74) is 6.24. The minimum absolute atomic E-state index is 0.252. The molecule has 1 aromatic rings. The molecule has 7 nitrogen and oxygen atoms in total. The van der Waals surface area contributed by atoms with E-state index >= 15 is 0 Å². The van der Waals surface area contributed by atoms with E-state index in [-0.39, 0.29) is 13.0 Å². The van der Waals surface area contributed by atoms with Gasteiger partial charge in [0.2, 0.25) is 5.91 Å². The Balaban J connectivity index is 0.000000496. The number of aryl methyl sites for hydroxylation is 1. The number of aliphatic hydroxyl groups excluding tert-OH is 1. The van der Waals surface area contributed by atoms with Crippen molar-refractivity contribution in [2.24, 2.45) is 11.6 Å². The fraction of sp³-hybridized carbons (Fsp3) is 0.556. The van der Waals surface area contributed by atoms with Gasteiger partial charge in [0.1, 0.15) is 6.04 Å². The molecule has 7 heteroatoms. The number of carbonyl (C=O) groups excluding carboxylic acids is 1. The van der Waals surface area contributed by atoms with E-state index in [1.165, 1.54) is 10.6 Å². The van der Waals surface area contributed by atoms with Crippen molar-refractivity contribution in [2.75, 3.05) is 13.2 Å². The second kappa shape index (κ2) is 14.4. The summed E-state index contributed by atoms with van der Waals surface area (Å²) in [6.07, 6.45) is 4.42. The molecular formula is C18H31N3O4. The van der Waals surface area contributed by atoms with Crippen LogP contribution in [0.25, 0.3) is 0 Å². The van der Waals surface area contributed by atoms with Crippen LogP contribution >= 0.6 is 0 Å². The Hall–Kier alpha value is -1.96. The molecule has 1 rings (SSSR count). The average Bonchev–Trinajstić information content (AvgIpc) is 2.59. The molecule has 0 radical (unpaired) electrons. The standard InChI is InChI=1S/C9H19N3O3.C9H12O/c1-2-3-4-5-12(11)7(9(14)15)6-8(10)13;10-8-4-7-9-5-2-1-3-6-9/h7H,2-6,11H2,1H3,(H2,10,13)(H,14,15);1-3,5-6,10H,4,7-8H2. The lowest BCUT2D eigenvalue weighted by Crippen LogP contribution is -2.48. The minimum atomic E-state index is -1.12. The van der Waals surface area contributed by atoms with Gasteiger partial charge in [0.15, 0.2) is 0 Å². The zero-order valence-corrected chi connectivity index (χ0v) is 14.9. The van der Waals surface area contributed by atoms with Crippen molar-refractivity contribution in [3.63, 3.8) is 0 Å². The maximum absolute atomic E-state index is 10.8. The van der Waals surface area contributed by atoms with Crippen molar-refractivity contribution in [2.45, 2.75) is 51.5 Å². The largest absolute Gasteiger partial charge is 0.480 e. The van der Waals surface area contributed by atoms with Crippen LogP contribution in [0.4, 0.5) is 0 Å². The molecule has 1 aromatic carbocycles. The highest BCUT2D eigenvalue weighted by Crippen LogP contribution is 2.03. The topological polar surface area (TPSA) is 130 Å². The fourth-order valence-corrected chi connectivity index (χ4v) is 2.17. The number of rotatable bonds is 11. The SMILES string of the molecule is CCCCCN(N)C(CC(N)=O)C(=O)O.OCCCc1ccccc1. The number of nitrogens with two attached hydrogens (primary N) is 2. The number of carbonyl (C=O) groups is 2. The van der Waals surface area contributed by atoms with Gasteiger partial charge in [-0.25, -0.2) is 5.01 Å². The van der Waals surface area contributed by atoms with E-state index in [1.807, 2.05) is 25.1 Å². The second-order valence-corrected chi connectivity index (χ2v) is 5.78. The fourth-order valence-electron chi connectivity index (χ4n) is 2.17. The Morgan fingerprint density at radius 1 is 1.16 bits per heavy atom. The van der Waals surface area contributed by atoms with Gasteiger partial charge in [-0.1, -0.05) is 50.1 Å². The number of hydrogen-bond donors (Lipinski definition) is 4. The molecular weight excluding hydrogens is 322 g/mol. The summed E-state index contributed by atoms with van der Waals surface area (Å²) in [6.45, 7) is 2.78. The number of primary amides is 1. The highest BCUT2D eigenvalue weighted by atomic mass is 16.4. The highest BCUT2D eigenvalue weighted by Gasteiger charge is 2.24. The van der Waals surface area contributed by atoms with Gasteiger partial charge in [0.25, 0.3) is 0 Å². The third kappa shape index (κ3) is 12.1. The van der Waals surface area contributed by atoms with Crippen molar-refractivity contribution in [3.8, 4) is 0 Å². The molecule has 1 atom stereocenters. The normalized spacial score (nSPS) is 11.5. The first kappa shape index (κ1) is 23.0. The average molecular weight is 353 g/mol. The van der Waals surface area contributed by atoms with Crippen molar-refractivity contribution in [1.29, 1.82) is 0 Å². The minimum Gasteiger partial charge on any atom is -0.480 e. The van der Waals surface area contributed by atoms with Gasteiger partial charge in [-0.3, -0.25) is 15.4 Å². The summed E-state index contributed by atoms with van der Waals surface area (Å²) in [5.74, 6) is 3.78. The molecule has 142 valence electrons. The summed E-state index contributed by atoms with van der Waals surface area (Å²) in [5, 5.41) is 18.5. The van der Waals surface area contributed by atoms with Crippen LogP contribution in [-0.4, -0.2) is 46.3 Å². The maximum atomic E-state index is 10.8. The predicted molar refractivity (Wildman–Crippen MR) is 97.5 cm³/mol. The first-order chi connectivity index (χ1) is 11.9. The molecule has 0 heterocycles. The van der Waals surface area contributed by atoms with Crippen molar-refractivity contribution >= 4 is 11.9 Å². The molecule has 0 aliphatic heterocycles. The Bertz CT molecular complexity index is 482. The summed E-state index contributed by atoms with van der Waals surface area (Å²) >= 11 is 0. The Kier molecular flexibility index (Phi) is 13.3. The van der Waals surface area contributed by atoms with Crippen LogP contribution in [0.15, 0.2) is 30.3 Å². The van der Waals surface area contributed by atoms with Crippen LogP contribution in [0, 0.1) is 0 Å². The van der Waals surface area contributed by atoms with Gasteiger partial charge in [0.05, 0.1) is 6.42 Å². The zero-order valence-electron chi connectivity index (χ0n) is 14.9. The van der Waals surface area contributed by atoms with Crippen LogP contribution < -0.4 is 11.6 Å². The van der Waals surface area contributed by atoms with Gasteiger partial charge < -0.3 is 15.9 Å². The van der Waals surface area contributed by atoms with Crippen molar-refractivity contribution in [1.82, 2.24) is 5.01 Å². The molecule has 0 aliphatic rings. The maximum Gasteiger partial charge on any atom is 0.322 e. The van der Waals surface area contributed by atoms with Crippen LogP contribution in [0.1, 0.15) is 44.6 Å². The molecule has 1 unspecified atom stereocenters. The lowest BCUT2D eigenvalue weighted by Gasteiger charge is -2.22. The number of carboxylic acids is 1. The summed E-state index contributed by atoms with van der Waals surface area (Å²) in [4.78, 5) is 21.4. The summed E-state index contributed by atoms with van der Waals surface area (Å²) < 4.78 is 0. The third-order valence-electron chi connectivity index (χ3n) is 3.57. The molecule has 25 heavy (non-hydrogen) atoms. The first-order valence-electron chi connectivity index (χ1n) is 8.59. The smallest absolute Gasteiger partial charge is 0.322 e. The summed E-state index contributed by atoms with van der Waals surface area (Å²) in [6, 6.07) is 9.19. The van der Waals surface area contributed by atoms with Crippen LogP contribution in [0.3, 0.4) is 0 Å². The quantitative estimate of drug-likeness (QED) is 0.269. The number of hydrogen-bond acceptors (Lipinski definition) is 5. The van der Waals surface area contributed by atoms with Crippen LogP contribution in [0.2, 0.25) is 0 Å². The van der Waals surface area contributed by atoms with Gasteiger partial charge in [0, 0.05) is 13.2 Å². The highest BCUT2D eigenvalue weighted by molar-refractivity contribution is 5.83. The van der Waals surface area contributed by atoms with Crippen LogP contribution in [0.5, 0.6) is 0 Å². The predicted octanol–water partition coefficient (Wildman–Crippen LogP) is 1.29. The lowest BCUT2D eigenvalue weighted by atomic mass is 10.1. The number of amides is 1. The van der Waals surface area contributed by atoms with E-state index in [0.717, 1.165) is 32.1 Å². The zero-order chi connectivity index (χ0) is 19.1. The Morgan fingerprint density at radius 3 is 2.28 bits per heavy atom. The summed E-state index contributed by atoms with van der Waals surface area (Å²) in [7, 11) is 0. The van der Waals surface area contributed by atoms with E-state index in [1.54, 1.807) is 0 Å². The van der Waals surface area contributed by atoms with E-state index < -0.39 is 17.9 Å². The lowest BCUT2D eigenvalue weighted by molar-refractivity contribution is -0.145. The van der Waals surface area contributed by atoms with E-state index in [4.69, 9.17) is 21.8 Å². The number of nitrogens with zero attached hydrogens (tertiary/aromatic N) is 1. The molecule has 0 spiro atoms. The van der Waals surface area contributed by atoms with Gasteiger partial charge in [-0.15, -0.1) is 0 Å².